The highest BCUT2D eigenvalue weighted by Gasteiger charge is 2.00. The van der Waals surface area contributed by atoms with Crippen molar-refractivity contribution in [2.24, 2.45) is 0 Å². The maximum atomic E-state index is 10.3. The first-order valence-corrected chi connectivity index (χ1v) is 4.72. The number of benzene rings is 1. The third-order valence-electron chi connectivity index (χ3n) is 1.57. The van der Waals surface area contributed by atoms with E-state index in [1.165, 1.54) is 0 Å². The Morgan fingerprint density at radius 3 is 2.27 bits per heavy atom. The second-order valence-electron chi connectivity index (χ2n) is 3.35. The number of carbonyl (C=O) groups excluding carboxylic acids is 1. The molecule has 0 aliphatic carbocycles. The molecule has 1 amide bonds. The molecule has 0 saturated heterocycles. The van der Waals surface area contributed by atoms with Crippen LogP contribution in [0.4, 0.5) is 0 Å². The summed E-state index contributed by atoms with van der Waals surface area (Å²) in [6.07, 6.45) is 0.131. The summed E-state index contributed by atoms with van der Waals surface area (Å²) in [4.78, 5) is 10.3. The van der Waals surface area contributed by atoms with E-state index in [9.17, 15) is 4.79 Å². The molecule has 0 bridgehead atoms. The lowest BCUT2D eigenvalue weighted by atomic mass is 10.3. The third kappa shape index (κ3) is 4.35. The fraction of sp³-hybridized carbons (Fsp3) is 0.364. The van der Waals surface area contributed by atoms with E-state index in [0.29, 0.717) is 5.75 Å². The van der Waals surface area contributed by atoms with Crippen LogP contribution in [0, 0.1) is 0 Å². The minimum Gasteiger partial charge on any atom is -0.491 e. The summed E-state index contributed by atoms with van der Waals surface area (Å²) in [6.45, 7) is 3.68. The zero-order valence-corrected chi connectivity index (χ0v) is 8.82. The minimum atomic E-state index is -0.738. The fourth-order valence-electron chi connectivity index (χ4n) is 1.04. The molecule has 0 aliphatic rings. The Balaban J connectivity index is 2.52. The van der Waals surface area contributed by atoms with Gasteiger partial charge in [0.05, 0.1) is 6.10 Å². The predicted octanol–water partition coefficient (Wildman–Crippen LogP) is 1.66. The number of rotatable bonds is 5. The number of amides is 1. The normalized spacial score (nSPS) is 10.1. The van der Waals surface area contributed by atoms with Gasteiger partial charge >= 0.3 is 0 Å². The van der Waals surface area contributed by atoms with Gasteiger partial charge in [0.25, 0.3) is 5.91 Å². The summed E-state index contributed by atoms with van der Waals surface area (Å²) in [5.74, 6) is 0.582. The van der Waals surface area contributed by atoms with Gasteiger partial charge in [-0.25, -0.2) is 0 Å². The molecule has 4 heteroatoms. The predicted molar refractivity (Wildman–Crippen MR) is 55.8 cm³/mol. The van der Waals surface area contributed by atoms with Crippen LogP contribution in [0.5, 0.6) is 11.5 Å². The smallest absolute Gasteiger partial charge is 0.276 e. The average molecular weight is 208 g/mol. The molecule has 15 heavy (non-hydrogen) atoms. The summed E-state index contributed by atoms with van der Waals surface area (Å²) in [6, 6.07) is 6.95. The van der Waals surface area contributed by atoms with Crippen molar-refractivity contribution in [3.63, 3.8) is 0 Å². The monoisotopic (exact) mass is 208 g/mol. The van der Waals surface area contributed by atoms with Crippen LogP contribution in [0.25, 0.3) is 0 Å². The molecule has 1 N–H and O–H groups in total. The van der Waals surface area contributed by atoms with Crippen molar-refractivity contribution in [3.05, 3.63) is 24.3 Å². The Morgan fingerprint density at radius 1 is 1.27 bits per heavy atom. The lowest BCUT2D eigenvalue weighted by Gasteiger charge is -2.10. The summed E-state index contributed by atoms with van der Waals surface area (Å²) < 4.78 is 10.5. The van der Waals surface area contributed by atoms with Crippen molar-refractivity contribution in [1.29, 1.82) is 0 Å². The molecule has 4 nitrogen and oxygen atoms in total. The third-order valence-corrected chi connectivity index (χ3v) is 1.57. The van der Waals surface area contributed by atoms with Gasteiger partial charge in [0.1, 0.15) is 11.5 Å². The van der Waals surface area contributed by atoms with E-state index < -0.39 is 5.91 Å². The first-order valence-electron chi connectivity index (χ1n) is 4.72. The van der Waals surface area contributed by atoms with Crippen molar-refractivity contribution in [2.75, 3.05) is 6.61 Å². The van der Waals surface area contributed by atoms with Crippen LogP contribution >= 0.6 is 0 Å². The summed E-state index contributed by atoms with van der Waals surface area (Å²) >= 11 is 0. The van der Waals surface area contributed by atoms with Gasteiger partial charge in [-0.05, 0) is 38.1 Å². The molecule has 0 saturated carbocycles. The first kappa shape index (κ1) is 11.4. The van der Waals surface area contributed by atoms with Crippen LogP contribution in [0.1, 0.15) is 13.8 Å². The van der Waals surface area contributed by atoms with E-state index in [4.69, 9.17) is 15.2 Å². The van der Waals surface area contributed by atoms with Gasteiger partial charge in [-0.2, -0.15) is 0 Å². The first-order chi connectivity index (χ1) is 7.08. The van der Waals surface area contributed by atoms with E-state index >= 15 is 0 Å². The van der Waals surface area contributed by atoms with E-state index in [-0.39, 0.29) is 12.7 Å². The van der Waals surface area contributed by atoms with Crippen LogP contribution in [-0.2, 0) is 4.79 Å². The zero-order chi connectivity index (χ0) is 11.3. The van der Waals surface area contributed by atoms with E-state index in [1.54, 1.807) is 24.3 Å². The molecule has 81 valence electrons. The molecular weight excluding hydrogens is 194 g/mol. The van der Waals surface area contributed by atoms with Gasteiger partial charge in [-0.15, -0.1) is 0 Å². The summed E-state index contributed by atoms with van der Waals surface area (Å²) in [5.41, 5.74) is 6.67. The van der Waals surface area contributed by atoms with Gasteiger partial charge in [0, 0.05) is 0 Å². The lowest BCUT2D eigenvalue weighted by Crippen LogP contribution is -2.11. The van der Waals surface area contributed by atoms with Gasteiger partial charge in [-0.1, -0.05) is 0 Å². The van der Waals surface area contributed by atoms with Crippen molar-refractivity contribution in [1.82, 2.24) is 5.73 Å². The molecule has 1 aromatic carbocycles. The van der Waals surface area contributed by atoms with Crippen LogP contribution < -0.4 is 15.2 Å². The van der Waals surface area contributed by atoms with Crippen molar-refractivity contribution in [3.8, 4) is 11.5 Å². The molecule has 0 unspecified atom stereocenters. The van der Waals surface area contributed by atoms with E-state index in [0.717, 1.165) is 5.75 Å². The van der Waals surface area contributed by atoms with Crippen molar-refractivity contribution in [2.45, 2.75) is 20.0 Å². The quantitative estimate of drug-likeness (QED) is 0.739. The van der Waals surface area contributed by atoms with Crippen LogP contribution in [0.15, 0.2) is 24.3 Å². The Kier molecular flexibility index (Phi) is 3.97. The summed E-state index contributed by atoms with van der Waals surface area (Å²) in [5, 5.41) is 0. The van der Waals surface area contributed by atoms with Crippen molar-refractivity contribution >= 4 is 5.91 Å². The van der Waals surface area contributed by atoms with Crippen LogP contribution in [0.3, 0.4) is 0 Å². The molecule has 1 aromatic rings. The molecule has 1 rings (SSSR count). The Hall–Kier alpha value is -1.71. The molecular formula is C11H14NO3. The molecule has 0 aliphatic heterocycles. The molecule has 1 radical (unpaired) electrons. The van der Waals surface area contributed by atoms with Gasteiger partial charge in [0.2, 0.25) is 0 Å². The number of ether oxygens (including phenoxy) is 2. The van der Waals surface area contributed by atoms with Gasteiger partial charge in [-0.3, -0.25) is 10.5 Å². The second kappa shape index (κ2) is 5.24. The SMILES string of the molecule is CC(C)Oc1ccc(OCC([NH])=O)cc1. The van der Waals surface area contributed by atoms with E-state index in [1.807, 2.05) is 13.8 Å². The van der Waals surface area contributed by atoms with Crippen LogP contribution in [0.2, 0.25) is 0 Å². The van der Waals surface area contributed by atoms with E-state index in [2.05, 4.69) is 0 Å². The topological polar surface area (TPSA) is 59.3 Å². The maximum absolute atomic E-state index is 10.3. The molecule has 0 spiro atoms. The Morgan fingerprint density at radius 2 is 1.80 bits per heavy atom. The fourth-order valence-corrected chi connectivity index (χ4v) is 1.04. The van der Waals surface area contributed by atoms with Gasteiger partial charge < -0.3 is 9.47 Å². The summed E-state index contributed by atoms with van der Waals surface area (Å²) in [7, 11) is 0. The second-order valence-corrected chi connectivity index (χ2v) is 3.35. The highest BCUT2D eigenvalue weighted by atomic mass is 16.5. The number of hydrogen-bond acceptors (Lipinski definition) is 3. The maximum Gasteiger partial charge on any atom is 0.276 e. The number of hydrogen-bond donors (Lipinski definition) is 0. The standard InChI is InChI=1S/C11H14NO3/c1-8(2)15-10-5-3-9(4-6-10)14-7-11(12)13/h3-6,8,12H,7H2,1-2H3. The Labute approximate surface area is 89.0 Å². The highest BCUT2D eigenvalue weighted by Crippen LogP contribution is 2.18. The van der Waals surface area contributed by atoms with Gasteiger partial charge in [0.15, 0.2) is 6.61 Å². The molecule has 0 aromatic heterocycles. The molecule has 0 atom stereocenters. The van der Waals surface area contributed by atoms with Crippen LogP contribution in [-0.4, -0.2) is 18.6 Å². The number of nitrogens with one attached hydrogen (secondary N) is 1. The zero-order valence-electron chi connectivity index (χ0n) is 8.82. The average Bonchev–Trinajstić information content (AvgIpc) is 2.16. The minimum absolute atomic E-state index is 0.131. The Bertz CT molecular complexity index is 319. The lowest BCUT2D eigenvalue weighted by molar-refractivity contribution is -0.120. The molecule has 0 heterocycles. The highest BCUT2D eigenvalue weighted by molar-refractivity contribution is 5.74. The largest absolute Gasteiger partial charge is 0.491 e. The number of carbonyl (C=O) groups is 1. The van der Waals surface area contributed by atoms with Crippen molar-refractivity contribution < 1.29 is 14.3 Å². The molecule has 0 fully saturated rings.